The lowest BCUT2D eigenvalue weighted by Crippen LogP contribution is -2.25. The summed E-state index contributed by atoms with van der Waals surface area (Å²) in [6.45, 7) is 6.40. The highest BCUT2D eigenvalue weighted by molar-refractivity contribution is 7.80. The molecule has 24 heavy (non-hydrogen) atoms. The van der Waals surface area contributed by atoms with Crippen molar-refractivity contribution >= 4 is 45.5 Å². The monoisotopic (exact) mass is 369 g/mol. The van der Waals surface area contributed by atoms with Crippen molar-refractivity contribution < 1.29 is 9.94 Å². The summed E-state index contributed by atoms with van der Waals surface area (Å²) in [5.74, 6) is 0.0168. The molecule has 0 saturated heterocycles. The van der Waals surface area contributed by atoms with E-state index in [4.69, 9.17) is 23.8 Å². The highest BCUT2D eigenvalue weighted by atomic mass is 35.5. The fourth-order valence-electron chi connectivity index (χ4n) is 2.36. The third kappa shape index (κ3) is 4.02. The number of aromatic hydroxyl groups is 1. The molecule has 1 heterocycles. The quantitative estimate of drug-likeness (QED) is 0.460. The predicted molar refractivity (Wildman–Crippen MR) is 98.8 cm³/mol. The second kappa shape index (κ2) is 8.39. The number of nitrogens with one attached hydrogen (secondary N) is 1. The van der Waals surface area contributed by atoms with E-state index in [1.54, 1.807) is 16.7 Å². The van der Waals surface area contributed by atoms with Crippen molar-refractivity contribution in [2.45, 2.75) is 20.5 Å². The van der Waals surface area contributed by atoms with Crippen LogP contribution in [0.5, 0.6) is 5.88 Å². The van der Waals surface area contributed by atoms with Crippen molar-refractivity contribution in [1.82, 2.24) is 14.9 Å². The number of hydrogen-bond donors (Lipinski definition) is 2. The smallest absolute Gasteiger partial charge is 0.237 e. The Labute approximate surface area is 150 Å². The van der Waals surface area contributed by atoms with E-state index < -0.39 is 0 Å². The topological polar surface area (TPSA) is 74.4 Å². The zero-order valence-corrected chi connectivity index (χ0v) is 15.4. The van der Waals surface area contributed by atoms with Gasteiger partial charge >= 0.3 is 0 Å². The molecule has 0 aliphatic heterocycles. The average molecular weight is 370 g/mol. The van der Waals surface area contributed by atoms with Crippen LogP contribution in [0.15, 0.2) is 28.4 Å². The molecule has 0 bridgehead atoms. The van der Waals surface area contributed by atoms with Gasteiger partial charge in [-0.2, -0.15) is 0 Å². The Kier molecular flexibility index (Phi) is 6.50. The molecule has 7 nitrogen and oxygen atoms in total. The van der Waals surface area contributed by atoms with E-state index >= 15 is 0 Å². The Morgan fingerprint density at radius 3 is 2.75 bits per heavy atom. The minimum atomic E-state index is 0.0168. The highest BCUT2D eigenvalue weighted by Crippen LogP contribution is 2.40. The summed E-state index contributed by atoms with van der Waals surface area (Å²) in [6.07, 6.45) is 0. The summed E-state index contributed by atoms with van der Waals surface area (Å²) in [7, 11) is 1.43. The molecule has 2 rings (SSSR count). The Morgan fingerprint density at radius 1 is 1.42 bits per heavy atom. The summed E-state index contributed by atoms with van der Waals surface area (Å²) >= 11 is 11.0. The summed E-state index contributed by atoms with van der Waals surface area (Å²) in [6, 6.07) is 5.38. The molecule has 0 aliphatic rings. The van der Waals surface area contributed by atoms with Crippen LogP contribution >= 0.6 is 23.8 Å². The van der Waals surface area contributed by atoms with Gasteiger partial charge in [-0.1, -0.05) is 25.4 Å². The standard InChI is InChI=1S/C15H20ClN5O2S/c1-4-20(5-2)9-21-12-7-6-10(16)8-11(12)13(14(21)22)17-18-15(24)19-23-3/h6-8,22H,4-5,9H2,1-3H3,(H,19,24). The van der Waals surface area contributed by atoms with Crippen LogP contribution in [0.3, 0.4) is 0 Å². The summed E-state index contributed by atoms with van der Waals surface area (Å²) < 4.78 is 1.78. The van der Waals surface area contributed by atoms with Crippen molar-refractivity contribution in [3.05, 3.63) is 23.2 Å². The molecule has 1 aromatic heterocycles. The largest absolute Gasteiger partial charge is 0.493 e. The highest BCUT2D eigenvalue weighted by Gasteiger charge is 2.18. The first-order chi connectivity index (χ1) is 11.5. The summed E-state index contributed by atoms with van der Waals surface area (Å²) in [5, 5.41) is 19.9. The third-order valence-electron chi connectivity index (χ3n) is 3.64. The van der Waals surface area contributed by atoms with Crippen LogP contribution in [0, 0.1) is 0 Å². The maximum Gasteiger partial charge on any atom is 0.237 e. The van der Waals surface area contributed by atoms with Crippen molar-refractivity contribution in [3.63, 3.8) is 0 Å². The molecule has 0 amide bonds. The molecule has 0 unspecified atom stereocenters. The number of hydrogen-bond acceptors (Lipinski definition) is 5. The van der Waals surface area contributed by atoms with E-state index in [1.807, 2.05) is 6.07 Å². The van der Waals surface area contributed by atoms with Gasteiger partial charge in [0.2, 0.25) is 11.0 Å². The number of benzene rings is 1. The zero-order valence-electron chi connectivity index (χ0n) is 13.8. The molecule has 0 fully saturated rings. The third-order valence-corrected chi connectivity index (χ3v) is 4.04. The summed E-state index contributed by atoms with van der Waals surface area (Å²) in [5.41, 5.74) is 3.54. The van der Waals surface area contributed by atoms with Gasteiger partial charge in [0.1, 0.15) is 0 Å². The number of nitrogens with zero attached hydrogens (tertiary/aromatic N) is 4. The van der Waals surface area contributed by atoms with Crippen molar-refractivity contribution in [1.29, 1.82) is 0 Å². The van der Waals surface area contributed by atoms with Crippen molar-refractivity contribution in [2.75, 3.05) is 20.2 Å². The van der Waals surface area contributed by atoms with Crippen LogP contribution in [0.1, 0.15) is 13.8 Å². The van der Waals surface area contributed by atoms with E-state index in [-0.39, 0.29) is 11.0 Å². The summed E-state index contributed by atoms with van der Waals surface area (Å²) in [4.78, 5) is 6.85. The van der Waals surface area contributed by atoms with E-state index in [0.29, 0.717) is 22.8 Å². The van der Waals surface area contributed by atoms with Gasteiger partial charge < -0.3 is 5.11 Å². The minimum Gasteiger partial charge on any atom is -0.493 e. The van der Waals surface area contributed by atoms with Crippen molar-refractivity contribution in [3.8, 4) is 5.88 Å². The molecular formula is C15H20ClN5O2S. The van der Waals surface area contributed by atoms with E-state index in [0.717, 1.165) is 18.6 Å². The second-order valence-corrected chi connectivity index (χ2v) is 5.84. The van der Waals surface area contributed by atoms with Crippen LogP contribution in [-0.2, 0) is 11.5 Å². The van der Waals surface area contributed by atoms with Gasteiger partial charge in [-0.25, -0.2) is 5.48 Å². The Bertz CT molecular complexity index is 758. The lowest BCUT2D eigenvalue weighted by Gasteiger charge is -2.20. The van der Waals surface area contributed by atoms with Crippen molar-refractivity contribution in [2.24, 2.45) is 10.2 Å². The SMILES string of the molecule is CCN(CC)Cn1c(O)c(N=NC(=S)NOC)c2cc(Cl)ccc21. The molecule has 130 valence electrons. The minimum absolute atomic E-state index is 0.0168. The Balaban J connectivity index is 2.51. The first-order valence-corrected chi connectivity index (χ1v) is 8.28. The molecule has 0 atom stereocenters. The number of halogens is 1. The number of fused-ring (bicyclic) bond motifs is 1. The van der Waals surface area contributed by atoms with Crippen LogP contribution in [0.4, 0.5) is 5.69 Å². The lowest BCUT2D eigenvalue weighted by molar-refractivity contribution is 0.145. The maximum atomic E-state index is 10.6. The molecular weight excluding hydrogens is 350 g/mol. The van der Waals surface area contributed by atoms with Gasteiger partial charge in [0.25, 0.3) is 0 Å². The number of hydroxylamine groups is 1. The fraction of sp³-hybridized carbons (Fsp3) is 0.400. The van der Waals surface area contributed by atoms with Gasteiger partial charge in [-0.15, -0.1) is 10.2 Å². The Hall–Kier alpha value is -1.74. The molecule has 2 aromatic rings. The van der Waals surface area contributed by atoms with E-state index in [2.05, 4.69) is 39.3 Å². The van der Waals surface area contributed by atoms with Crippen LogP contribution in [-0.4, -0.2) is 39.9 Å². The van der Waals surface area contributed by atoms with Crippen LogP contribution < -0.4 is 5.48 Å². The molecule has 0 spiro atoms. The van der Waals surface area contributed by atoms with E-state index in [9.17, 15) is 5.11 Å². The molecule has 0 saturated carbocycles. The van der Waals surface area contributed by atoms with Crippen LogP contribution in [0.25, 0.3) is 10.9 Å². The van der Waals surface area contributed by atoms with E-state index in [1.165, 1.54) is 7.11 Å². The zero-order chi connectivity index (χ0) is 17.7. The molecule has 9 heteroatoms. The van der Waals surface area contributed by atoms with Gasteiger partial charge in [-0.05, 0) is 43.5 Å². The first kappa shape index (κ1) is 18.6. The number of azo groups is 1. The lowest BCUT2D eigenvalue weighted by atomic mass is 10.2. The normalized spacial score (nSPS) is 11.7. The second-order valence-electron chi connectivity index (χ2n) is 5.02. The molecule has 0 aliphatic carbocycles. The predicted octanol–water partition coefficient (Wildman–Crippen LogP) is 3.82. The Morgan fingerprint density at radius 2 is 2.12 bits per heavy atom. The maximum absolute atomic E-state index is 10.6. The van der Waals surface area contributed by atoms with Gasteiger partial charge in [0, 0.05) is 10.4 Å². The fourth-order valence-corrected chi connectivity index (χ4v) is 2.66. The number of aromatic nitrogens is 1. The molecule has 0 radical (unpaired) electrons. The number of thiocarbonyl (C=S) groups is 1. The number of rotatable bonds is 6. The van der Waals surface area contributed by atoms with Gasteiger partial charge in [-0.3, -0.25) is 14.3 Å². The van der Waals surface area contributed by atoms with Gasteiger partial charge in [0.05, 0.1) is 19.3 Å². The first-order valence-electron chi connectivity index (χ1n) is 7.49. The van der Waals surface area contributed by atoms with Crippen LogP contribution in [0.2, 0.25) is 5.02 Å². The molecule has 2 N–H and O–H groups in total. The average Bonchev–Trinajstić information content (AvgIpc) is 2.81. The van der Waals surface area contributed by atoms with Gasteiger partial charge in [0.15, 0.2) is 5.69 Å². The molecule has 1 aromatic carbocycles.